The van der Waals surface area contributed by atoms with Gasteiger partial charge in [-0.3, -0.25) is 14.4 Å². The average molecular weight is 873 g/mol. The lowest BCUT2D eigenvalue weighted by Gasteiger charge is -2.18. The lowest BCUT2D eigenvalue weighted by Crippen LogP contribution is -2.30. The highest BCUT2D eigenvalue weighted by Gasteiger charge is 2.19. The molecule has 0 amide bonds. The summed E-state index contributed by atoms with van der Waals surface area (Å²) < 4.78 is 16.7. The maximum absolute atomic E-state index is 12.8. The van der Waals surface area contributed by atoms with E-state index in [0.29, 0.717) is 19.3 Å². The van der Waals surface area contributed by atoms with Crippen molar-refractivity contribution in [2.45, 2.75) is 219 Å². The first-order valence-electron chi connectivity index (χ1n) is 25.5. The Morgan fingerprint density at radius 3 is 1.25 bits per heavy atom. The van der Waals surface area contributed by atoms with E-state index in [-0.39, 0.29) is 37.5 Å². The first-order valence-corrected chi connectivity index (χ1v) is 25.5. The van der Waals surface area contributed by atoms with Gasteiger partial charge in [-0.15, -0.1) is 0 Å². The fourth-order valence-electron chi connectivity index (χ4n) is 6.56. The Kier molecular flexibility index (Phi) is 47.5. The maximum Gasteiger partial charge on any atom is 0.306 e. The van der Waals surface area contributed by atoms with E-state index in [1.807, 2.05) is 42.5 Å². The summed E-state index contributed by atoms with van der Waals surface area (Å²) in [5.41, 5.74) is 0. The smallest absolute Gasteiger partial charge is 0.306 e. The summed E-state index contributed by atoms with van der Waals surface area (Å²) in [6.07, 6.45) is 67.9. The molecule has 1 unspecified atom stereocenters. The van der Waals surface area contributed by atoms with Crippen LogP contribution in [0.3, 0.4) is 0 Å². The van der Waals surface area contributed by atoms with Crippen LogP contribution in [0.5, 0.6) is 0 Å². The molecule has 6 heteroatoms. The molecule has 0 aromatic rings. The van der Waals surface area contributed by atoms with Crippen LogP contribution in [0.2, 0.25) is 0 Å². The Morgan fingerprint density at radius 2 is 0.746 bits per heavy atom. The first kappa shape index (κ1) is 59.1. The third kappa shape index (κ3) is 49.0. The van der Waals surface area contributed by atoms with Crippen LogP contribution >= 0.6 is 0 Å². The molecule has 0 bridgehead atoms. The second-order valence-electron chi connectivity index (χ2n) is 16.5. The summed E-state index contributed by atoms with van der Waals surface area (Å²) in [4.78, 5) is 37.9. The van der Waals surface area contributed by atoms with E-state index in [1.165, 1.54) is 70.6 Å². The number of hydrogen-bond acceptors (Lipinski definition) is 6. The second kappa shape index (κ2) is 50.7. The van der Waals surface area contributed by atoms with E-state index in [0.717, 1.165) is 96.3 Å². The maximum atomic E-state index is 12.8. The van der Waals surface area contributed by atoms with E-state index in [9.17, 15) is 14.4 Å². The van der Waals surface area contributed by atoms with Crippen LogP contribution in [0.25, 0.3) is 0 Å². The molecule has 0 saturated heterocycles. The fourth-order valence-corrected chi connectivity index (χ4v) is 6.56. The zero-order valence-electron chi connectivity index (χ0n) is 40.5. The quantitative estimate of drug-likeness (QED) is 0.0199. The van der Waals surface area contributed by atoms with Crippen LogP contribution < -0.4 is 0 Å². The number of esters is 3. The van der Waals surface area contributed by atoms with Gasteiger partial charge < -0.3 is 14.2 Å². The minimum atomic E-state index is -0.817. The molecule has 0 fully saturated rings. The Morgan fingerprint density at radius 1 is 0.349 bits per heavy atom. The van der Waals surface area contributed by atoms with Crippen LogP contribution in [0.4, 0.5) is 0 Å². The Bertz CT molecular complexity index is 1330. The number of ether oxygens (including phenoxy) is 3. The predicted molar refractivity (Wildman–Crippen MR) is 270 cm³/mol. The normalized spacial score (nSPS) is 13.0. The number of hydrogen-bond donors (Lipinski definition) is 0. The van der Waals surface area contributed by atoms with E-state index in [4.69, 9.17) is 14.2 Å². The van der Waals surface area contributed by atoms with Gasteiger partial charge in [0.05, 0.1) is 0 Å². The van der Waals surface area contributed by atoms with Crippen LogP contribution in [-0.4, -0.2) is 37.2 Å². The number of rotatable bonds is 44. The van der Waals surface area contributed by atoms with Crippen molar-refractivity contribution in [3.8, 4) is 0 Å². The molecule has 1 atom stereocenters. The Balaban J connectivity index is 4.52. The molecule has 0 saturated carbocycles. The van der Waals surface area contributed by atoms with Crippen LogP contribution in [0.15, 0.2) is 109 Å². The average Bonchev–Trinajstić information content (AvgIpc) is 3.28. The van der Waals surface area contributed by atoms with Crippen molar-refractivity contribution in [1.82, 2.24) is 0 Å². The van der Waals surface area contributed by atoms with Gasteiger partial charge in [-0.1, -0.05) is 220 Å². The monoisotopic (exact) mass is 873 g/mol. The molecule has 0 radical (unpaired) electrons. The van der Waals surface area contributed by atoms with Crippen LogP contribution in [-0.2, 0) is 28.6 Å². The van der Waals surface area contributed by atoms with Gasteiger partial charge in [-0.05, 0) is 83.5 Å². The van der Waals surface area contributed by atoms with Gasteiger partial charge >= 0.3 is 17.9 Å². The lowest BCUT2D eigenvalue weighted by atomic mass is 10.1. The largest absolute Gasteiger partial charge is 0.462 e. The van der Waals surface area contributed by atoms with Gasteiger partial charge in [0, 0.05) is 19.3 Å². The highest BCUT2D eigenvalue weighted by Crippen LogP contribution is 2.13. The molecule has 0 spiro atoms. The van der Waals surface area contributed by atoms with Crippen molar-refractivity contribution in [1.29, 1.82) is 0 Å². The molecule has 63 heavy (non-hydrogen) atoms. The van der Waals surface area contributed by atoms with E-state index in [1.54, 1.807) is 0 Å². The van der Waals surface area contributed by atoms with Crippen molar-refractivity contribution < 1.29 is 28.6 Å². The molecular formula is C57H92O6. The molecule has 6 nitrogen and oxygen atoms in total. The zero-order chi connectivity index (χ0) is 45.8. The Hall–Kier alpha value is -3.93. The third-order valence-electron chi connectivity index (χ3n) is 10.4. The number of carbonyl (C=O) groups is 3. The van der Waals surface area contributed by atoms with Gasteiger partial charge in [-0.2, -0.15) is 0 Å². The van der Waals surface area contributed by atoms with Crippen LogP contribution in [0.1, 0.15) is 213 Å². The van der Waals surface area contributed by atoms with E-state index >= 15 is 0 Å². The number of unbranched alkanes of at least 4 members (excludes halogenated alkanes) is 19. The molecule has 356 valence electrons. The fraction of sp³-hybridized carbons (Fsp3) is 0.632. The highest BCUT2D eigenvalue weighted by atomic mass is 16.6. The summed E-state index contributed by atoms with van der Waals surface area (Å²) >= 11 is 0. The SMILES string of the molecule is CC/C=C\C/C=C\CCCCCCCCCC(=O)OC(COC(=O)CC/C=C\C/C=C\CCCCCCCC)COC(=O)CCCCCCC\C=C/C=C\C=C/C=C\C=C/CCC. The molecular weight excluding hydrogens is 781 g/mol. The van der Waals surface area contributed by atoms with Crippen molar-refractivity contribution >= 4 is 17.9 Å². The van der Waals surface area contributed by atoms with Crippen molar-refractivity contribution in [2.24, 2.45) is 0 Å². The van der Waals surface area contributed by atoms with E-state index < -0.39 is 6.10 Å². The highest BCUT2D eigenvalue weighted by molar-refractivity contribution is 5.71. The summed E-state index contributed by atoms with van der Waals surface area (Å²) in [5.74, 6) is -1.02. The summed E-state index contributed by atoms with van der Waals surface area (Å²) in [6.45, 7) is 6.34. The Labute approximate surface area is 387 Å². The predicted octanol–water partition coefficient (Wildman–Crippen LogP) is 16.8. The van der Waals surface area contributed by atoms with E-state index in [2.05, 4.69) is 87.6 Å². The molecule has 0 N–H and O–H groups in total. The van der Waals surface area contributed by atoms with Gasteiger partial charge in [0.2, 0.25) is 0 Å². The van der Waals surface area contributed by atoms with Gasteiger partial charge in [0.25, 0.3) is 0 Å². The second-order valence-corrected chi connectivity index (χ2v) is 16.5. The minimum absolute atomic E-state index is 0.114. The molecule has 0 aliphatic carbocycles. The minimum Gasteiger partial charge on any atom is -0.462 e. The molecule has 0 aliphatic heterocycles. The molecule has 0 aliphatic rings. The molecule has 0 aromatic carbocycles. The topological polar surface area (TPSA) is 78.9 Å². The van der Waals surface area contributed by atoms with Crippen molar-refractivity contribution in [3.63, 3.8) is 0 Å². The van der Waals surface area contributed by atoms with Crippen molar-refractivity contribution in [3.05, 3.63) is 109 Å². The lowest BCUT2D eigenvalue weighted by molar-refractivity contribution is -0.166. The zero-order valence-corrected chi connectivity index (χ0v) is 40.5. The molecule has 0 heterocycles. The van der Waals surface area contributed by atoms with Gasteiger partial charge in [0.15, 0.2) is 6.10 Å². The van der Waals surface area contributed by atoms with Crippen molar-refractivity contribution in [2.75, 3.05) is 13.2 Å². The summed E-state index contributed by atoms with van der Waals surface area (Å²) in [5, 5.41) is 0. The number of allylic oxidation sites excluding steroid dienone is 18. The summed E-state index contributed by atoms with van der Waals surface area (Å²) in [6, 6.07) is 0. The van der Waals surface area contributed by atoms with Crippen LogP contribution in [0, 0.1) is 0 Å². The molecule has 0 aromatic heterocycles. The first-order chi connectivity index (χ1) is 31.0. The van der Waals surface area contributed by atoms with Gasteiger partial charge in [0.1, 0.15) is 13.2 Å². The summed E-state index contributed by atoms with van der Waals surface area (Å²) in [7, 11) is 0. The molecule has 0 rings (SSSR count). The number of carbonyl (C=O) groups excluding carboxylic acids is 3. The van der Waals surface area contributed by atoms with Gasteiger partial charge in [-0.25, -0.2) is 0 Å². The standard InChI is InChI=1S/C57H92O6/c1-4-7-10-13-16-19-22-25-27-28-29-30-33-35-38-41-44-47-50-56(59)62-53-54(52-61-55(58)49-46-43-40-37-34-31-24-21-18-15-12-9-6-3)63-57(60)51-48-45-42-39-36-32-26-23-20-17-14-11-8-5-2/h8,10-11,13,16-17,19-20,22,25,27-31,34,40,43,54H,4-7,9,12,14-15,18,21,23-24,26,32-33,35-39,41-42,44-53H2,1-3H3/b11-8-,13-10-,19-16-,20-17-,25-22-,28-27-,30-29-,34-31-,43-40-. The third-order valence-corrected chi connectivity index (χ3v) is 10.4.